The molecule has 0 bridgehead atoms. The molecule has 9 heteroatoms. The Kier molecular flexibility index (Phi) is 5.80. The maximum atomic E-state index is 11.9. The van der Waals surface area contributed by atoms with Gasteiger partial charge in [-0.1, -0.05) is 25.2 Å². The van der Waals surface area contributed by atoms with Crippen molar-refractivity contribution in [1.82, 2.24) is 15.2 Å². The maximum absolute atomic E-state index is 11.9. The number of amides is 1. The summed E-state index contributed by atoms with van der Waals surface area (Å²) in [5, 5.41) is 14.4. The first-order valence-corrected chi connectivity index (χ1v) is 7.09. The number of nitrogens with one attached hydrogen (secondary N) is 1. The first-order chi connectivity index (χ1) is 8.60. The summed E-state index contributed by atoms with van der Waals surface area (Å²) < 4.78 is 0. The van der Waals surface area contributed by atoms with Gasteiger partial charge in [0.2, 0.25) is 5.13 Å². The molecule has 0 unspecified atom stereocenters. The molecule has 0 aromatic carbocycles. The summed E-state index contributed by atoms with van der Waals surface area (Å²) in [7, 11) is 0. The van der Waals surface area contributed by atoms with Crippen molar-refractivity contribution in [3.63, 3.8) is 0 Å². The van der Waals surface area contributed by atoms with Crippen LogP contribution in [0.5, 0.6) is 0 Å². The third-order valence-electron chi connectivity index (χ3n) is 2.11. The lowest BCUT2D eigenvalue weighted by Crippen LogP contribution is -2.12. The topological polar surface area (TPSA) is 93.8 Å². The molecule has 0 radical (unpaired) electrons. The van der Waals surface area contributed by atoms with Crippen LogP contribution in [0.25, 0.3) is 0 Å². The number of rotatable bonds is 4. The zero-order chi connectivity index (χ0) is 13.1. The van der Waals surface area contributed by atoms with Crippen molar-refractivity contribution in [3.05, 3.63) is 21.1 Å². The Balaban J connectivity index is 0.00000180. The van der Waals surface area contributed by atoms with Crippen molar-refractivity contribution < 1.29 is 4.79 Å². The summed E-state index contributed by atoms with van der Waals surface area (Å²) >= 11 is 2.74. The van der Waals surface area contributed by atoms with Gasteiger partial charge in [0.25, 0.3) is 5.91 Å². The zero-order valence-corrected chi connectivity index (χ0v) is 12.9. The third-order valence-corrected chi connectivity index (χ3v) is 4.12. The Labute approximate surface area is 124 Å². The molecule has 1 amide bonds. The molecule has 0 atom stereocenters. The molecule has 2 aromatic rings. The summed E-state index contributed by atoms with van der Waals surface area (Å²) in [6.07, 6.45) is 0. The summed E-state index contributed by atoms with van der Waals surface area (Å²) in [6.45, 7) is 4.40. The third kappa shape index (κ3) is 3.93. The molecule has 2 rings (SSSR count). The van der Waals surface area contributed by atoms with Gasteiger partial charge in [-0.2, -0.15) is 0 Å². The Morgan fingerprint density at radius 1 is 1.47 bits per heavy atom. The van der Waals surface area contributed by atoms with E-state index in [0.717, 1.165) is 10.0 Å². The molecule has 2 heterocycles. The quantitative estimate of drug-likeness (QED) is 0.901. The minimum Gasteiger partial charge on any atom is -0.325 e. The SMILES string of the molecule is CC(C)c1nnc(NC(=O)c2csc(CN)n2)s1.Cl. The molecule has 0 spiro atoms. The largest absolute Gasteiger partial charge is 0.325 e. The summed E-state index contributed by atoms with van der Waals surface area (Å²) in [5.74, 6) is 0.0219. The van der Waals surface area contributed by atoms with Crippen molar-refractivity contribution >= 4 is 46.1 Å². The minimum atomic E-state index is -0.280. The lowest BCUT2D eigenvalue weighted by molar-refractivity contribution is 0.102. The van der Waals surface area contributed by atoms with Gasteiger partial charge in [-0.3, -0.25) is 10.1 Å². The molecule has 0 saturated heterocycles. The van der Waals surface area contributed by atoms with Gasteiger partial charge in [0.05, 0.1) is 0 Å². The molecule has 0 saturated carbocycles. The molecule has 2 aromatic heterocycles. The normalized spacial score (nSPS) is 10.3. The van der Waals surface area contributed by atoms with Crippen molar-refractivity contribution in [2.45, 2.75) is 26.3 Å². The maximum Gasteiger partial charge on any atom is 0.276 e. The highest BCUT2D eigenvalue weighted by Crippen LogP contribution is 2.22. The molecular formula is C10H14ClN5OS2. The van der Waals surface area contributed by atoms with E-state index in [4.69, 9.17) is 5.73 Å². The van der Waals surface area contributed by atoms with Crippen LogP contribution >= 0.6 is 35.1 Å². The fraction of sp³-hybridized carbons (Fsp3) is 0.400. The lowest BCUT2D eigenvalue weighted by Gasteiger charge is -1.97. The van der Waals surface area contributed by atoms with E-state index in [-0.39, 0.29) is 18.3 Å². The molecule has 6 nitrogen and oxygen atoms in total. The van der Waals surface area contributed by atoms with Crippen molar-refractivity contribution in [1.29, 1.82) is 0 Å². The molecule has 104 valence electrons. The van der Waals surface area contributed by atoms with Crippen molar-refractivity contribution in [2.75, 3.05) is 5.32 Å². The summed E-state index contributed by atoms with van der Waals surface area (Å²) in [5.41, 5.74) is 5.81. The van der Waals surface area contributed by atoms with Crippen LogP contribution in [-0.2, 0) is 6.54 Å². The predicted molar refractivity (Wildman–Crippen MR) is 79.2 cm³/mol. The second kappa shape index (κ2) is 6.90. The number of thiazole rings is 1. The Hall–Kier alpha value is -1.09. The van der Waals surface area contributed by atoms with E-state index < -0.39 is 0 Å². The Morgan fingerprint density at radius 2 is 2.21 bits per heavy atom. The summed E-state index contributed by atoms with van der Waals surface area (Å²) in [4.78, 5) is 16.0. The molecule has 0 aliphatic rings. The van der Waals surface area contributed by atoms with Crippen LogP contribution in [0, 0.1) is 0 Å². The average molecular weight is 320 g/mol. The van der Waals surface area contributed by atoms with Crippen LogP contribution in [0.15, 0.2) is 5.38 Å². The van der Waals surface area contributed by atoms with E-state index in [9.17, 15) is 4.79 Å². The number of nitrogens with two attached hydrogens (primary N) is 1. The van der Waals surface area contributed by atoms with E-state index in [0.29, 0.717) is 23.3 Å². The highest BCUT2D eigenvalue weighted by atomic mass is 35.5. The van der Waals surface area contributed by atoms with Gasteiger partial charge in [-0.05, 0) is 0 Å². The van der Waals surface area contributed by atoms with Gasteiger partial charge < -0.3 is 5.73 Å². The van der Waals surface area contributed by atoms with Crippen LogP contribution in [-0.4, -0.2) is 21.1 Å². The number of nitrogens with zero attached hydrogens (tertiary/aromatic N) is 3. The van der Waals surface area contributed by atoms with E-state index >= 15 is 0 Å². The lowest BCUT2D eigenvalue weighted by atomic mass is 10.2. The second-order valence-electron chi connectivity index (χ2n) is 3.88. The molecule has 0 aliphatic heterocycles. The number of anilines is 1. The van der Waals surface area contributed by atoms with Crippen LogP contribution in [0.1, 0.15) is 40.3 Å². The standard InChI is InChI=1S/C10H13N5OS2.ClH/c1-5(2)9-14-15-10(18-9)13-8(16)6-4-17-7(3-11)12-6;/h4-5H,3,11H2,1-2H3,(H,13,15,16);1H. The monoisotopic (exact) mass is 319 g/mol. The first kappa shape index (κ1) is 16.0. The van der Waals surface area contributed by atoms with Gasteiger partial charge in [-0.15, -0.1) is 33.9 Å². The van der Waals surface area contributed by atoms with E-state index in [1.54, 1.807) is 5.38 Å². The highest BCUT2D eigenvalue weighted by molar-refractivity contribution is 7.15. The van der Waals surface area contributed by atoms with Crippen LogP contribution < -0.4 is 11.1 Å². The minimum absolute atomic E-state index is 0. The zero-order valence-electron chi connectivity index (χ0n) is 10.4. The number of aromatic nitrogens is 3. The van der Waals surface area contributed by atoms with Gasteiger partial charge >= 0.3 is 0 Å². The predicted octanol–water partition coefficient (Wildman–Crippen LogP) is 2.25. The van der Waals surface area contributed by atoms with Crippen LogP contribution in [0.4, 0.5) is 5.13 Å². The fourth-order valence-electron chi connectivity index (χ4n) is 1.19. The van der Waals surface area contributed by atoms with Crippen molar-refractivity contribution in [2.24, 2.45) is 5.73 Å². The number of halogens is 1. The number of carbonyl (C=O) groups excluding carboxylic acids is 1. The van der Waals surface area contributed by atoms with E-state index in [2.05, 4.69) is 20.5 Å². The molecule has 0 aliphatic carbocycles. The Morgan fingerprint density at radius 3 is 2.74 bits per heavy atom. The van der Waals surface area contributed by atoms with Gasteiger partial charge in [0.15, 0.2) is 0 Å². The van der Waals surface area contributed by atoms with Gasteiger partial charge in [0.1, 0.15) is 15.7 Å². The molecule has 19 heavy (non-hydrogen) atoms. The average Bonchev–Trinajstić information content (AvgIpc) is 2.96. The number of hydrogen-bond acceptors (Lipinski definition) is 7. The molecular weight excluding hydrogens is 306 g/mol. The Bertz CT molecular complexity index is 554. The first-order valence-electron chi connectivity index (χ1n) is 5.39. The number of carbonyl (C=O) groups is 1. The van der Waals surface area contributed by atoms with Crippen LogP contribution in [0.2, 0.25) is 0 Å². The molecule has 0 fully saturated rings. The van der Waals surface area contributed by atoms with E-state index in [1.165, 1.54) is 22.7 Å². The smallest absolute Gasteiger partial charge is 0.276 e. The second-order valence-corrected chi connectivity index (χ2v) is 5.84. The van der Waals surface area contributed by atoms with Gasteiger partial charge in [0, 0.05) is 17.8 Å². The van der Waals surface area contributed by atoms with Crippen molar-refractivity contribution in [3.8, 4) is 0 Å². The highest BCUT2D eigenvalue weighted by Gasteiger charge is 2.14. The number of hydrogen-bond donors (Lipinski definition) is 2. The van der Waals surface area contributed by atoms with E-state index in [1.807, 2.05) is 13.8 Å². The summed E-state index contributed by atoms with van der Waals surface area (Å²) in [6, 6.07) is 0. The molecule has 3 N–H and O–H groups in total. The van der Waals surface area contributed by atoms with Crippen LogP contribution in [0.3, 0.4) is 0 Å². The fourth-order valence-corrected chi connectivity index (χ4v) is 2.58. The van der Waals surface area contributed by atoms with Gasteiger partial charge in [-0.25, -0.2) is 4.98 Å².